The number of alkyl carbamates (subject to hydrolysis) is 1. The van der Waals surface area contributed by atoms with Crippen molar-refractivity contribution in [2.75, 3.05) is 6.54 Å². The van der Waals surface area contributed by atoms with Gasteiger partial charge in [0, 0.05) is 13.0 Å². The molecule has 2 aromatic heterocycles. The van der Waals surface area contributed by atoms with Crippen LogP contribution in [-0.2, 0) is 9.53 Å². The molecule has 5 rings (SSSR count). The summed E-state index contributed by atoms with van der Waals surface area (Å²) < 4.78 is 5.50. The van der Waals surface area contributed by atoms with Gasteiger partial charge < -0.3 is 24.9 Å². The Morgan fingerprint density at radius 3 is 1.96 bits per heavy atom. The molecule has 2 unspecified atom stereocenters. The summed E-state index contributed by atoms with van der Waals surface area (Å²) in [6.07, 6.45) is 5.71. The van der Waals surface area contributed by atoms with E-state index in [0.717, 1.165) is 58.9 Å². The Labute approximate surface area is 272 Å². The van der Waals surface area contributed by atoms with Crippen LogP contribution in [0.4, 0.5) is 4.79 Å². The first kappa shape index (κ1) is 33.0. The van der Waals surface area contributed by atoms with Gasteiger partial charge in [-0.15, -0.1) is 0 Å². The van der Waals surface area contributed by atoms with Crippen LogP contribution in [0.25, 0.3) is 33.6 Å². The molecule has 46 heavy (non-hydrogen) atoms. The van der Waals surface area contributed by atoms with Crippen LogP contribution in [0.5, 0.6) is 0 Å². The number of hydrogen-bond donors (Lipinski definition) is 3. The van der Waals surface area contributed by atoms with E-state index < -0.39 is 11.7 Å². The second-order valence-electron chi connectivity index (χ2n) is 14.8. The van der Waals surface area contributed by atoms with Gasteiger partial charge in [-0.2, -0.15) is 0 Å². The molecule has 1 aliphatic heterocycles. The zero-order valence-corrected chi connectivity index (χ0v) is 28.4. The zero-order chi connectivity index (χ0) is 33.2. The number of likely N-dealkylation sites (tertiary alicyclic amines) is 1. The van der Waals surface area contributed by atoms with E-state index in [9.17, 15) is 9.59 Å². The van der Waals surface area contributed by atoms with Crippen LogP contribution in [-0.4, -0.2) is 49.0 Å². The maximum atomic E-state index is 12.8. The fourth-order valence-corrected chi connectivity index (χ4v) is 5.90. The van der Waals surface area contributed by atoms with Crippen LogP contribution < -0.4 is 5.32 Å². The van der Waals surface area contributed by atoms with Crippen molar-refractivity contribution in [1.82, 2.24) is 30.2 Å². The highest BCUT2D eigenvalue weighted by Crippen LogP contribution is 2.35. The van der Waals surface area contributed by atoms with Crippen molar-refractivity contribution in [3.63, 3.8) is 0 Å². The number of imidazole rings is 2. The van der Waals surface area contributed by atoms with E-state index in [2.05, 4.69) is 108 Å². The third-order valence-electron chi connectivity index (χ3n) is 8.19. The van der Waals surface area contributed by atoms with E-state index in [0.29, 0.717) is 18.2 Å². The van der Waals surface area contributed by atoms with Crippen LogP contribution in [0, 0.1) is 11.3 Å². The molecule has 1 aliphatic rings. The molecule has 0 aliphatic carbocycles. The molecular weight excluding hydrogens is 576 g/mol. The van der Waals surface area contributed by atoms with Crippen molar-refractivity contribution < 1.29 is 14.3 Å². The molecule has 244 valence electrons. The molecule has 0 bridgehead atoms. The van der Waals surface area contributed by atoms with Crippen molar-refractivity contribution in [3.05, 3.63) is 72.6 Å². The normalized spacial score (nSPS) is 16.1. The van der Waals surface area contributed by atoms with Gasteiger partial charge in [-0.1, -0.05) is 83.1 Å². The fraction of sp³-hybridized carbons (Fsp3) is 0.459. The fourth-order valence-electron chi connectivity index (χ4n) is 5.90. The van der Waals surface area contributed by atoms with Crippen LogP contribution in [0.2, 0.25) is 0 Å². The number of aromatic amines is 2. The first-order valence-corrected chi connectivity index (χ1v) is 16.3. The molecule has 2 aromatic carbocycles. The van der Waals surface area contributed by atoms with E-state index >= 15 is 0 Å². The summed E-state index contributed by atoms with van der Waals surface area (Å²) in [7, 11) is 0. The predicted molar refractivity (Wildman–Crippen MR) is 182 cm³/mol. The largest absolute Gasteiger partial charge is 0.444 e. The lowest BCUT2D eigenvalue weighted by atomic mass is 9.86. The van der Waals surface area contributed by atoms with Crippen LogP contribution in [0.15, 0.2) is 60.9 Å². The number of ether oxygens (including phenoxy) is 1. The summed E-state index contributed by atoms with van der Waals surface area (Å²) in [4.78, 5) is 43.5. The summed E-state index contributed by atoms with van der Waals surface area (Å²) in [6.45, 7) is 16.7. The topological polar surface area (TPSA) is 116 Å². The average molecular weight is 625 g/mol. The van der Waals surface area contributed by atoms with E-state index in [1.165, 1.54) is 0 Å². The number of rotatable bonds is 8. The molecule has 0 spiro atoms. The van der Waals surface area contributed by atoms with Gasteiger partial charge in [-0.25, -0.2) is 14.8 Å². The molecule has 9 heteroatoms. The number of H-pyrrole nitrogens is 2. The van der Waals surface area contributed by atoms with Gasteiger partial charge in [-0.05, 0) is 67.2 Å². The molecule has 1 fully saturated rings. The van der Waals surface area contributed by atoms with Gasteiger partial charge in [0.2, 0.25) is 5.91 Å². The van der Waals surface area contributed by atoms with Crippen LogP contribution in [0.3, 0.4) is 0 Å². The Hall–Kier alpha value is -4.40. The average Bonchev–Trinajstić information content (AvgIpc) is 3.75. The van der Waals surface area contributed by atoms with E-state index in [1.54, 1.807) is 6.20 Å². The minimum atomic E-state index is -0.585. The highest BCUT2D eigenvalue weighted by Gasteiger charge is 2.33. The van der Waals surface area contributed by atoms with Crippen molar-refractivity contribution in [3.8, 4) is 33.6 Å². The number of benzene rings is 2. The third-order valence-corrected chi connectivity index (χ3v) is 8.19. The van der Waals surface area contributed by atoms with Crippen LogP contribution >= 0.6 is 0 Å². The number of hydrogen-bond acceptors (Lipinski definition) is 5. The molecule has 4 aromatic rings. The minimum absolute atomic E-state index is 0.0179. The van der Waals surface area contributed by atoms with Gasteiger partial charge >= 0.3 is 6.09 Å². The van der Waals surface area contributed by atoms with Gasteiger partial charge in [0.25, 0.3) is 0 Å². The van der Waals surface area contributed by atoms with Crippen molar-refractivity contribution >= 4 is 12.0 Å². The number of nitrogens with one attached hydrogen (secondary N) is 3. The lowest BCUT2D eigenvalue weighted by Gasteiger charge is -2.31. The Morgan fingerprint density at radius 2 is 1.41 bits per heavy atom. The lowest BCUT2D eigenvalue weighted by molar-refractivity contribution is -0.133. The molecule has 2 atom stereocenters. The summed E-state index contributed by atoms with van der Waals surface area (Å²) in [5.41, 5.74) is 5.21. The number of carbonyl (C=O) groups excluding carboxylic acids is 2. The maximum absolute atomic E-state index is 12.8. The highest BCUT2D eigenvalue weighted by atomic mass is 16.6. The monoisotopic (exact) mass is 624 g/mol. The van der Waals surface area contributed by atoms with Gasteiger partial charge in [0.05, 0.1) is 35.9 Å². The maximum Gasteiger partial charge on any atom is 0.408 e. The first-order chi connectivity index (χ1) is 21.7. The highest BCUT2D eigenvalue weighted by molar-refractivity contribution is 5.77. The summed E-state index contributed by atoms with van der Waals surface area (Å²) in [6, 6.07) is 16.4. The SMILES string of the molecule is CC(C)CC(=O)N1CCCC1c1ncc(-c2ccc(-c3ccc(-c4cnc(C(NC(=O)OC(C)(C)C)C(C)(C)C)[nH]4)cc3)cc2)[nH]1. The zero-order valence-electron chi connectivity index (χ0n) is 28.4. The van der Waals surface area contributed by atoms with Crippen molar-refractivity contribution in [1.29, 1.82) is 0 Å². The first-order valence-electron chi connectivity index (χ1n) is 16.3. The Morgan fingerprint density at radius 1 is 0.870 bits per heavy atom. The van der Waals surface area contributed by atoms with Gasteiger partial charge in [0.15, 0.2) is 0 Å². The predicted octanol–water partition coefficient (Wildman–Crippen LogP) is 8.46. The standard InChI is InChI=1S/C37H48N6O3/c1-23(2)20-31(44)43-19-9-10-30(43)33-38-21-28(40-33)26-15-11-24(12-16-26)25-13-17-27(18-14-25)29-22-39-34(41-29)32(36(3,4)5)42-35(45)46-37(6,7)8/h11-18,21-23,30,32H,9-10,19-20H2,1-8H3,(H,38,40)(H,39,41)(H,42,45). The Balaban J connectivity index is 1.26. The van der Waals surface area contributed by atoms with Gasteiger partial charge in [0.1, 0.15) is 17.2 Å². The molecule has 3 N–H and O–H groups in total. The van der Waals surface area contributed by atoms with Gasteiger partial charge in [-0.3, -0.25) is 4.79 Å². The molecule has 1 saturated heterocycles. The second kappa shape index (κ2) is 13.1. The van der Waals surface area contributed by atoms with Crippen LogP contribution in [0.1, 0.15) is 98.4 Å². The van der Waals surface area contributed by atoms with Crippen molar-refractivity contribution in [2.45, 2.75) is 92.3 Å². The third kappa shape index (κ3) is 7.87. The van der Waals surface area contributed by atoms with Crippen molar-refractivity contribution in [2.24, 2.45) is 11.3 Å². The van der Waals surface area contributed by atoms with E-state index in [4.69, 9.17) is 4.74 Å². The molecule has 3 heterocycles. The Kier molecular flexibility index (Phi) is 9.42. The summed E-state index contributed by atoms with van der Waals surface area (Å²) in [5.74, 6) is 2.09. The minimum Gasteiger partial charge on any atom is -0.444 e. The summed E-state index contributed by atoms with van der Waals surface area (Å²) >= 11 is 0. The molecule has 2 amide bonds. The summed E-state index contributed by atoms with van der Waals surface area (Å²) in [5, 5.41) is 2.99. The quantitative estimate of drug-likeness (QED) is 0.182. The number of aromatic nitrogens is 4. The second-order valence-corrected chi connectivity index (χ2v) is 14.8. The number of nitrogens with zero attached hydrogens (tertiary/aromatic N) is 3. The molecule has 0 saturated carbocycles. The molecule has 9 nitrogen and oxygen atoms in total. The number of amides is 2. The van der Waals surface area contributed by atoms with E-state index in [1.807, 2.05) is 31.9 Å². The lowest BCUT2D eigenvalue weighted by Crippen LogP contribution is -2.40. The molecular formula is C37H48N6O3. The van der Waals surface area contributed by atoms with E-state index in [-0.39, 0.29) is 23.4 Å². The number of carbonyl (C=O) groups is 2. The molecule has 0 radical (unpaired) electrons. The smallest absolute Gasteiger partial charge is 0.408 e. The Bertz CT molecular complexity index is 1640.